The van der Waals surface area contributed by atoms with Crippen molar-refractivity contribution in [2.24, 2.45) is 5.92 Å². The predicted octanol–water partition coefficient (Wildman–Crippen LogP) is 2.84. The fourth-order valence-corrected chi connectivity index (χ4v) is 3.44. The van der Waals surface area contributed by atoms with Crippen LogP contribution in [0.5, 0.6) is 0 Å². The summed E-state index contributed by atoms with van der Waals surface area (Å²) in [4.78, 5) is 18.9. The molecule has 3 rings (SSSR count). The molecule has 1 fully saturated rings. The number of hydrogen-bond donors (Lipinski definition) is 0. The van der Waals surface area contributed by atoms with Crippen LogP contribution >= 0.6 is 34.2 Å². The van der Waals surface area contributed by atoms with Gasteiger partial charge in [0.15, 0.2) is 0 Å². The molecule has 0 unspecified atom stereocenters. The van der Waals surface area contributed by atoms with Gasteiger partial charge in [-0.2, -0.15) is 0 Å². The van der Waals surface area contributed by atoms with E-state index in [2.05, 4.69) is 37.1 Å². The van der Waals surface area contributed by atoms with Crippen molar-refractivity contribution in [1.29, 1.82) is 0 Å². The number of carbonyl (C=O) groups excluding carboxylic acids is 1. The van der Waals surface area contributed by atoms with E-state index in [1.54, 1.807) is 0 Å². The van der Waals surface area contributed by atoms with Gasteiger partial charge < -0.3 is 9.36 Å². The number of aldehydes is 1. The topological polar surface area (TPSA) is 47.8 Å². The molecule has 4 nitrogen and oxygen atoms in total. The van der Waals surface area contributed by atoms with Crippen LogP contribution in [-0.2, 0) is 4.79 Å². The summed E-state index contributed by atoms with van der Waals surface area (Å²) in [5.41, 5.74) is 0.865. The molecule has 2 heterocycles. The molecule has 88 valence electrons. The largest absolute Gasteiger partial charge is 0.328 e. The third-order valence-corrected chi connectivity index (χ3v) is 4.36. The van der Waals surface area contributed by atoms with Crippen molar-refractivity contribution < 1.29 is 4.79 Å². The lowest BCUT2D eigenvalue weighted by Crippen LogP contribution is -2.27. The van der Waals surface area contributed by atoms with E-state index in [1.165, 1.54) is 6.33 Å². The van der Waals surface area contributed by atoms with Crippen LogP contribution in [0, 0.1) is 9.49 Å². The number of nitrogens with zero attached hydrogens (tertiary/aromatic N) is 3. The van der Waals surface area contributed by atoms with E-state index in [0.717, 1.165) is 33.7 Å². The number of aromatic nitrogens is 3. The lowest BCUT2D eigenvalue weighted by molar-refractivity contribution is -0.114. The first-order valence-corrected chi connectivity index (χ1v) is 6.78. The van der Waals surface area contributed by atoms with Crippen molar-refractivity contribution >= 4 is 51.5 Å². The summed E-state index contributed by atoms with van der Waals surface area (Å²) in [6.45, 7) is 0. The summed E-state index contributed by atoms with van der Waals surface area (Å²) in [5, 5.41) is 1.40. The summed E-state index contributed by atoms with van der Waals surface area (Å²) in [6.07, 6.45) is 6.34. The van der Waals surface area contributed by atoms with Gasteiger partial charge in [0.05, 0.1) is 5.39 Å². The van der Waals surface area contributed by atoms with Crippen LogP contribution in [0.3, 0.4) is 0 Å². The van der Waals surface area contributed by atoms with Crippen LogP contribution in [0.15, 0.2) is 12.5 Å². The number of fused-ring (bicyclic) bond motifs is 1. The van der Waals surface area contributed by atoms with Crippen molar-refractivity contribution in [2.45, 2.75) is 18.9 Å². The Morgan fingerprint density at radius 2 is 2.24 bits per heavy atom. The van der Waals surface area contributed by atoms with Gasteiger partial charge in [0, 0.05) is 21.7 Å². The highest BCUT2D eigenvalue weighted by atomic mass is 127. The van der Waals surface area contributed by atoms with Crippen molar-refractivity contribution in [3.63, 3.8) is 0 Å². The van der Waals surface area contributed by atoms with Crippen molar-refractivity contribution in [3.05, 3.63) is 21.2 Å². The normalized spacial score (nSPS) is 23.6. The van der Waals surface area contributed by atoms with Gasteiger partial charge in [-0.3, -0.25) is 0 Å². The lowest BCUT2D eigenvalue weighted by Gasteiger charge is -2.33. The smallest absolute Gasteiger partial charge is 0.146 e. The van der Waals surface area contributed by atoms with Crippen LogP contribution < -0.4 is 0 Å². The van der Waals surface area contributed by atoms with Crippen molar-refractivity contribution in [2.75, 3.05) is 0 Å². The maximum Gasteiger partial charge on any atom is 0.146 e. The van der Waals surface area contributed by atoms with E-state index in [1.807, 2.05) is 6.20 Å². The van der Waals surface area contributed by atoms with E-state index in [9.17, 15) is 4.79 Å². The first-order valence-electron chi connectivity index (χ1n) is 5.32. The minimum absolute atomic E-state index is 0.201. The van der Waals surface area contributed by atoms with E-state index < -0.39 is 0 Å². The van der Waals surface area contributed by atoms with Crippen molar-refractivity contribution in [1.82, 2.24) is 14.5 Å². The molecule has 0 saturated heterocycles. The zero-order valence-electron chi connectivity index (χ0n) is 8.81. The Balaban J connectivity index is 2.07. The highest BCUT2D eigenvalue weighted by Gasteiger charge is 2.31. The molecule has 2 aromatic rings. The van der Waals surface area contributed by atoms with Gasteiger partial charge in [-0.05, 0) is 35.4 Å². The Hall–Kier alpha value is -0.690. The molecule has 0 aliphatic heterocycles. The molecule has 0 spiro atoms. The minimum Gasteiger partial charge on any atom is -0.328 e. The van der Waals surface area contributed by atoms with E-state index in [4.69, 9.17) is 11.6 Å². The summed E-state index contributed by atoms with van der Waals surface area (Å²) in [7, 11) is 0. The summed E-state index contributed by atoms with van der Waals surface area (Å²) in [5.74, 6) is 0.201. The Kier molecular flexibility index (Phi) is 2.82. The highest BCUT2D eigenvalue weighted by Crippen LogP contribution is 2.40. The Morgan fingerprint density at radius 1 is 1.47 bits per heavy atom. The van der Waals surface area contributed by atoms with Crippen LogP contribution in [-0.4, -0.2) is 20.8 Å². The molecule has 1 saturated carbocycles. The minimum atomic E-state index is 0.201. The quantitative estimate of drug-likeness (QED) is 0.469. The second kappa shape index (κ2) is 4.20. The first kappa shape index (κ1) is 11.4. The zero-order valence-corrected chi connectivity index (χ0v) is 11.7. The number of halogens is 2. The van der Waals surface area contributed by atoms with Crippen LogP contribution in [0.4, 0.5) is 0 Å². The molecule has 0 N–H and O–H groups in total. The maximum absolute atomic E-state index is 10.6. The molecule has 17 heavy (non-hydrogen) atoms. The summed E-state index contributed by atoms with van der Waals surface area (Å²) < 4.78 is 3.17. The molecule has 6 heteroatoms. The SMILES string of the molecule is O=CC1CC(n2cc(I)c3c(Cl)ncnc32)C1. The second-order valence-corrected chi connectivity index (χ2v) is 5.79. The van der Waals surface area contributed by atoms with Crippen molar-refractivity contribution in [3.8, 4) is 0 Å². The van der Waals surface area contributed by atoms with Gasteiger partial charge in [0.2, 0.25) is 0 Å². The van der Waals surface area contributed by atoms with E-state index >= 15 is 0 Å². The Labute approximate surface area is 117 Å². The molecule has 0 aromatic carbocycles. The molecular formula is C11H9ClIN3O. The fourth-order valence-electron chi connectivity index (χ4n) is 2.25. The zero-order chi connectivity index (χ0) is 12.0. The molecule has 0 amide bonds. The average molecular weight is 362 g/mol. The van der Waals surface area contributed by atoms with Crippen LogP contribution in [0.25, 0.3) is 11.0 Å². The first-order chi connectivity index (χ1) is 8.20. The lowest BCUT2D eigenvalue weighted by atomic mass is 9.81. The highest BCUT2D eigenvalue weighted by molar-refractivity contribution is 14.1. The molecule has 2 aromatic heterocycles. The standard InChI is InChI=1S/C11H9ClIN3O/c12-10-9-8(13)3-16(11(9)15-5-14-10)7-1-6(2-7)4-17/h3-7H,1-2H2. The van der Waals surface area contributed by atoms with Crippen LogP contribution in [0.1, 0.15) is 18.9 Å². The average Bonchev–Trinajstić information content (AvgIpc) is 2.56. The third-order valence-electron chi connectivity index (χ3n) is 3.25. The molecule has 0 radical (unpaired) electrons. The molecular weight excluding hydrogens is 352 g/mol. The van der Waals surface area contributed by atoms with Crippen LogP contribution in [0.2, 0.25) is 5.15 Å². The predicted molar refractivity (Wildman–Crippen MR) is 73.1 cm³/mol. The van der Waals surface area contributed by atoms with Gasteiger partial charge in [-0.15, -0.1) is 0 Å². The van der Waals surface area contributed by atoms with Gasteiger partial charge in [-0.25, -0.2) is 9.97 Å². The van der Waals surface area contributed by atoms with E-state index in [0.29, 0.717) is 11.2 Å². The number of carbonyl (C=O) groups is 1. The summed E-state index contributed by atoms with van der Waals surface area (Å²) in [6, 6.07) is 0.363. The van der Waals surface area contributed by atoms with E-state index in [-0.39, 0.29) is 5.92 Å². The summed E-state index contributed by atoms with van der Waals surface area (Å²) >= 11 is 8.31. The molecule has 0 atom stereocenters. The second-order valence-electron chi connectivity index (χ2n) is 4.27. The number of rotatable bonds is 2. The van der Waals surface area contributed by atoms with Gasteiger partial charge in [0.25, 0.3) is 0 Å². The number of hydrogen-bond acceptors (Lipinski definition) is 3. The maximum atomic E-state index is 10.6. The monoisotopic (exact) mass is 361 g/mol. The van der Waals surface area contributed by atoms with Gasteiger partial charge in [-0.1, -0.05) is 11.6 Å². The third kappa shape index (κ3) is 1.76. The van der Waals surface area contributed by atoms with Gasteiger partial charge >= 0.3 is 0 Å². The molecule has 1 aliphatic carbocycles. The molecule has 0 bridgehead atoms. The Bertz CT molecular complexity index is 592. The fraction of sp³-hybridized carbons (Fsp3) is 0.364. The Morgan fingerprint density at radius 3 is 2.94 bits per heavy atom. The van der Waals surface area contributed by atoms with Gasteiger partial charge in [0.1, 0.15) is 23.4 Å². The molecule has 1 aliphatic rings.